The number of benzene rings is 2. The Morgan fingerprint density at radius 3 is 2.09 bits per heavy atom. The van der Waals surface area contributed by atoms with E-state index in [1.54, 1.807) is 12.1 Å². The fraction of sp³-hybridized carbons (Fsp3) is 0.278. The summed E-state index contributed by atoms with van der Waals surface area (Å²) < 4.78 is 37.4. The highest BCUT2D eigenvalue weighted by Crippen LogP contribution is 2.29. The molecule has 0 aliphatic carbocycles. The van der Waals surface area contributed by atoms with E-state index in [1.165, 1.54) is 12.1 Å². The normalized spacial score (nSPS) is 11.3. The van der Waals surface area contributed by atoms with Crippen molar-refractivity contribution in [2.45, 2.75) is 26.4 Å². The summed E-state index contributed by atoms with van der Waals surface area (Å²) in [6.45, 7) is 4.22. The molecule has 2 rings (SSSR count). The standard InChI is InChI=1S/C18H18F3NO/c1-12-9-13(2)11-15(10-12)17(23)22-8-7-14-3-5-16(6-4-14)18(19,20)21/h3-6,9-11H,7-8H2,1-2H3,(H,22,23). The fourth-order valence-corrected chi connectivity index (χ4v) is 2.39. The lowest BCUT2D eigenvalue weighted by Gasteiger charge is -2.09. The second-order valence-electron chi connectivity index (χ2n) is 5.58. The zero-order valence-electron chi connectivity index (χ0n) is 13.0. The first-order chi connectivity index (χ1) is 10.8. The molecule has 0 heterocycles. The van der Waals surface area contributed by atoms with E-state index in [1.807, 2.05) is 19.9 Å². The van der Waals surface area contributed by atoms with Gasteiger partial charge in [-0.1, -0.05) is 29.3 Å². The Balaban J connectivity index is 1.90. The van der Waals surface area contributed by atoms with E-state index in [-0.39, 0.29) is 5.91 Å². The van der Waals surface area contributed by atoms with Gasteiger partial charge in [-0.15, -0.1) is 0 Å². The molecule has 1 amide bonds. The minimum Gasteiger partial charge on any atom is -0.352 e. The number of halogens is 3. The molecule has 1 N–H and O–H groups in total. The van der Waals surface area contributed by atoms with Crippen LogP contribution in [0.5, 0.6) is 0 Å². The molecule has 0 aliphatic rings. The van der Waals surface area contributed by atoms with E-state index < -0.39 is 11.7 Å². The third kappa shape index (κ3) is 4.84. The Kier molecular flexibility index (Phi) is 5.08. The Hall–Kier alpha value is -2.30. The van der Waals surface area contributed by atoms with Crippen LogP contribution in [0.1, 0.15) is 32.6 Å². The monoisotopic (exact) mass is 321 g/mol. The molecule has 5 heteroatoms. The maximum Gasteiger partial charge on any atom is 0.416 e. The summed E-state index contributed by atoms with van der Waals surface area (Å²) in [6, 6.07) is 10.6. The minimum absolute atomic E-state index is 0.177. The van der Waals surface area contributed by atoms with Crippen molar-refractivity contribution in [1.82, 2.24) is 5.32 Å². The molecule has 122 valence electrons. The van der Waals surface area contributed by atoms with Crippen LogP contribution in [0.25, 0.3) is 0 Å². The van der Waals surface area contributed by atoms with Gasteiger partial charge in [0.05, 0.1) is 5.56 Å². The Morgan fingerprint density at radius 1 is 1.00 bits per heavy atom. The zero-order chi connectivity index (χ0) is 17.0. The SMILES string of the molecule is Cc1cc(C)cc(C(=O)NCCc2ccc(C(F)(F)F)cc2)c1. The number of carbonyl (C=O) groups excluding carboxylic acids is 1. The highest BCUT2D eigenvalue weighted by Gasteiger charge is 2.29. The van der Waals surface area contributed by atoms with Crippen molar-refractivity contribution in [2.75, 3.05) is 6.54 Å². The molecule has 0 spiro atoms. The van der Waals surface area contributed by atoms with Gasteiger partial charge in [0.2, 0.25) is 0 Å². The number of alkyl halides is 3. The molecule has 0 unspecified atom stereocenters. The summed E-state index contributed by atoms with van der Waals surface area (Å²) in [5.74, 6) is -0.177. The molecule has 0 saturated heterocycles. The number of rotatable bonds is 4. The second kappa shape index (κ2) is 6.86. The Labute approximate surface area is 133 Å². The van der Waals surface area contributed by atoms with Gasteiger partial charge in [0.1, 0.15) is 0 Å². The molecule has 0 bridgehead atoms. The summed E-state index contributed by atoms with van der Waals surface area (Å²) in [5, 5.41) is 2.79. The topological polar surface area (TPSA) is 29.1 Å². The highest BCUT2D eigenvalue weighted by molar-refractivity contribution is 5.94. The zero-order valence-corrected chi connectivity index (χ0v) is 13.0. The van der Waals surface area contributed by atoms with Crippen LogP contribution in [-0.2, 0) is 12.6 Å². The van der Waals surface area contributed by atoms with Crippen molar-refractivity contribution < 1.29 is 18.0 Å². The quantitative estimate of drug-likeness (QED) is 0.894. The lowest BCUT2D eigenvalue weighted by atomic mass is 10.1. The van der Waals surface area contributed by atoms with E-state index >= 15 is 0 Å². The first kappa shape index (κ1) is 17.1. The average molecular weight is 321 g/mol. The maximum atomic E-state index is 12.5. The molecular weight excluding hydrogens is 303 g/mol. The third-order valence-electron chi connectivity index (χ3n) is 3.46. The lowest BCUT2D eigenvalue weighted by Crippen LogP contribution is -2.25. The number of nitrogens with one attached hydrogen (secondary N) is 1. The number of amides is 1. The second-order valence-corrected chi connectivity index (χ2v) is 5.58. The molecule has 0 aliphatic heterocycles. The van der Waals surface area contributed by atoms with Crippen molar-refractivity contribution in [3.05, 3.63) is 70.3 Å². The third-order valence-corrected chi connectivity index (χ3v) is 3.46. The molecule has 0 aromatic heterocycles. The maximum absolute atomic E-state index is 12.5. The van der Waals surface area contributed by atoms with E-state index in [0.717, 1.165) is 28.8 Å². The highest BCUT2D eigenvalue weighted by atomic mass is 19.4. The van der Waals surface area contributed by atoms with Crippen LogP contribution >= 0.6 is 0 Å². The van der Waals surface area contributed by atoms with Crippen LogP contribution in [0.3, 0.4) is 0 Å². The van der Waals surface area contributed by atoms with E-state index in [9.17, 15) is 18.0 Å². The molecule has 2 nitrogen and oxygen atoms in total. The fourth-order valence-electron chi connectivity index (χ4n) is 2.39. The van der Waals surface area contributed by atoms with Crippen LogP contribution in [-0.4, -0.2) is 12.5 Å². The Bertz CT molecular complexity index is 670. The van der Waals surface area contributed by atoms with Gasteiger partial charge in [-0.2, -0.15) is 13.2 Å². The van der Waals surface area contributed by atoms with Crippen molar-refractivity contribution in [1.29, 1.82) is 0 Å². The van der Waals surface area contributed by atoms with Crippen LogP contribution < -0.4 is 5.32 Å². The van der Waals surface area contributed by atoms with Gasteiger partial charge < -0.3 is 5.32 Å². The summed E-state index contributed by atoms with van der Waals surface area (Å²) in [6.07, 6.45) is -3.84. The smallest absolute Gasteiger partial charge is 0.352 e. The number of carbonyl (C=O) groups is 1. The van der Waals surface area contributed by atoms with Gasteiger partial charge in [-0.05, 0) is 50.1 Å². The van der Waals surface area contributed by atoms with Crippen LogP contribution in [0, 0.1) is 13.8 Å². The van der Waals surface area contributed by atoms with Crippen molar-refractivity contribution >= 4 is 5.91 Å². The van der Waals surface area contributed by atoms with E-state index in [2.05, 4.69) is 5.32 Å². The first-order valence-corrected chi connectivity index (χ1v) is 7.28. The molecule has 23 heavy (non-hydrogen) atoms. The molecule has 0 fully saturated rings. The molecule has 2 aromatic carbocycles. The van der Waals surface area contributed by atoms with Gasteiger partial charge in [0.25, 0.3) is 5.91 Å². The van der Waals surface area contributed by atoms with Gasteiger partial charge in [0.15, 0.2) is 0 Å². The van der Waals surface area contributed by atoms with Gasteiger partial charge >= 0.3 is 6.18 Å². The number of aryl methyl sites for hydroxylation is 2. The summed E-state index contributed by atoms with van der Waals surface area (Å²) in [4.78, 5) is 12.1. The molecular formula is C18H18F3NO. The summed E-state index contributed by atoms with van der Waals surface area (Å²) in [7, 11) is 0. The number of hydrogen-bond acceptors (Lipinski definition) is 1. The van der Waals surface area contributed by atoms with Crippen LogP contribution in [0.15, 0.2) is 42.5 Å². The van der Waals surface area contributed by atoms with E-state index in [0.29, 0.717) is 18.5 Å². The van der Waals surface area contributed by atoms with Gasteiger partial charge in [0, 0.05) is 12.1 Å². The molecule has 0 atom stereocenters. The molecule has 2 aromatic rings. The van der Waals surface area contributed by atoms with Gasteiger partial charge in [-0.25, -0.2) is 0 Å². The minimum atomic E-state index is -4.32. The Morgan fingerprint density at radius 2 is 1.57 bits per heavy atom. The van der Waals surface area contributed by atoms with Crippen molar-refractivity contribution in [3.8, 4) is 0 Å². The van der Waals surface area contributed by atoms with Gasteiger partial charge in [-0.3, -0.25) is 4.79 Å². The van der Waals surface area contributed by atoms with E-state index in [4.69, 9.17) is 0 Å². The molecule has 0 radical (unpaired) electrons. The summed E-state index contributed by atoms with van der Waals surface area (Å²) in [5.41, 5.74) is 2.70. The van der Waals surface area contributed by atoms with Crippen molar-refractivity contribution in [2.24, 2.45) is 0 Å². The van der Waals surface area contributed by atoms with Crippen LogP contribution in [0.2, 0.25) is 0 Å². The summed E-state index contributed by atoms with van der Waals surface area (Å²) >= 11 is 0. The van der Waals surface area contributed by atoms with Crippen molar-refractivity contribution in [3.63, 3.8) is 0 Å². The predicted octanol–water partition coefficient (Wildman–Crippen LogP) is 4.29. The average Bonchev–Trinajstić information content (AvgIpc) is 2.45. The lowest BCUT2D eigenvalue weighted by molar-refractivity contribution is -0.137. The molecule has 0 saturated carbocycles. The predicted molar refractivity (Wildman–Crippen MR) is 83.4 cm³/mol. The number of hydrogen-bond donors (Lipinski definition) is 1. The first-order valence-electron chi connectivity index (χ1n) is 7.28. The largest absolute Gasteiger partial charge is 0.416 e. The van der Waals surface area contributed by atoms with Crippen LogP contribution in [0.4, 0.5) is 13.2 Å².